The zero-order chi connectivity index (χ0) is 19.2. The number of fused-ring (bicyclic) bond motifs is 1. The molecule has 0 radical (unpaired) electrons. The topological polar surface area (TPSA) is 121 Å². The molecule has 0 unspecified atom stereocenters. The lowest BCUT2D eigenvalue weighted by atomic mass is 9.89. The molecule has 0 saturated carbocycles. The zero-order valence-corrected chi connectivity index (χ0v) is 15.8. The number of H-pyrrole nitrogens is 1. The van der Waals surface area contributed by atoms with Crippen LogP contribution in [-0.4, -0.2) is 55.8 Å². The summed E-state index contributed by atoms with van der Waals surface area (Å²) in [6, 6.07) is 4.07. The predicted octanol–water partition coefficient (Wildman–Crippen LogP) is 1.48. The van der Waals surface area contributed by atoms with Gasteiger partial charge in [0.1, 0.15) is 17.5 Å². The van der Waals surface area contributed by atoms with Crippen LogP contribution in [0.4, 0.5) is 0 Å². The van der Waals surface area contributed by atoms with Crippen LogP contribution < -0.4 is 0 Å². The van der Waals surface area contributed by atoms with Crippen molar-refractivity contribution in [3.05, 3.63) is 31.0 Å². The van der Waals surface area contributed by atoms with Crippen molar-refractivity contribution in [3.63, 3.8) is 0 Å². The predicted molar refractivity (Wildman–Crippen MR) is 98.9 cm³/mol. The first-order valence-electron chi connectivity index (χ1n) is 8.57. The van der Waals surface area contributed by atoms with E-state index in [2.05, 4.69) is 26.1 Å². The molecule has 1 aliphatic rings. The fraction of sp³-hybridized carbons (Fsp3) is 0.412. The molecule has 0 aliphatic carbocycles. The van der Waals surface area contributed by atoms with Crippen LogP contribution >= 0.6 is 0 Å². The van der Waals surface area contributed by atoms with Gasteiger partial charge in [0.25, 0.3) is 0 Å². The van der Waals surface area contributed by atoms with Crippen LogP contribution in [0.15, 0.2) is 31.0 Å². The van der Waals surface area contributed by atoms with Crippen LogP contribution in [0.25, 0.3) is 22.3 Å². The molecule has 4 heterocycles. The minimum absolute atomic E-state index is 0.182. The van der Waals surface area contributed by atoms with E-state index in [1.807, 2.05) is 12.3 Å². The molecule has 10 heteroatoms. The summed E-state index contributed by atoms with van der Waals surface area (Å²) in [5.41, 5.74) is 1.62. The molecule has 0 amide bonds. The van der Waals surface area contributed by atoms with Gasteiger partial charge in [-0.3, -0.25) is 4.68 Å². The monoisotopic (exact) mass is 385 g/mol. The average Bonchev–Trinajstić information content (AvgIpc) is 3.26. The Morgan fingerprint density at radius 2 is 2.15 bits per heavy atom. The quantitative estimate of drug-likeness (QED) is 0.710. The van der Waals surface area contributed by atoms with Crippen LogP contribution in [-0.2, 0) is 15.6 Å². The third-order valence-corrected chi connectivity index (χ3v) is 7.17. The summed E-state index contributed by atoms with van der Waals surface area (Å²) in [5, 5.41) is 14.1. The van der Waals surface area contributed by atoms with E-state index in [1.165, 1.54) is 10.6 Å². The summed E-state index contributed by atoms with van der Waals surface area (Å²) in [6.45, 7) is 3.79. The van der Waals surface area contributed by atoms with Crippen molar-refractivity contribution in [2.75, 3.05) is 13.1 Å². The largest absolute Gasteiger partial charge is 0.346 e. The van der Waals surface area contributed by atoms with E-state index in [-0.39, 0.29) is 19.5 Å². The number of nitriles is 1. The Balaban J connectivity index is 1.67. The first-order valence-corrected chi connectivity index (χ1v) is 10.1. The van der Waals surface area contributed by atoms with E-state index in [4.69, 9.17) is 0 Å². The van der Waals surface area contributed by atoms with E-state index < -0.39 is 20.8 Å². The van der Waals surface area contributed by atoms with Gasteiger partial charge >= 0.3 is 0 Å². The Morgan fingerprint density at radius 3 is 2.85 bits per heavy atom. The molecule has 4 rings (SSSR count). The number of aromatic nitrogens is 5. The van der Waals surface area contributed by atoms with Gasteiger partial charge in [0.15, 0.2) is 0 Å². The smallest absolute Gasteiger partial charge is 0.216 e. The van der Waals surface area contributed by atoms with Gasteiger partial charge in [-0.2, -0.15) is 14.7 Å². The van der Waals surface area contributed by atoms with Gasteiger partial charge in [-0.05, 0) is 19.9 Å². The number of aromatic amines is 1. The van der Waals surface area contributed by atoms with Crippen molar-refractivity contribution < 1.29 is 8.42 Å². The lowest BCUT2D eigenvalue weighted by Gasteiger charge is -2.48. The molecule has 27 heavy (non-hydrogen) atoms. The summed E-state index contributed by atoms with van der Waals surface area (Å²) in [6.07, 6.45) is 6.97. The second-order valence-corrected chi connectivity index (χ2v) is 9.55. The maximum atomic E-state index is 12.4. The summed E-state index contributed by atoms with van der Waals surface area (Å²) in [7, 11) is -3.35. The highest BCUT2D eigenvalue weighted by Gasteiger charge is 2.50. The average molecular weight is 385 g/mol. The van der Waals surface area contributed by atoms with Gasteiger partial charge in [0.05, 0.1) is 29.6 Å². The molecular weight excluding hydrogens is 366 g/mol. The second-order valence-electron chi connectivity index (χ2n) is 7.06. The molecule has 0 aromatic carbocycles. The summed E-state index contributed by atoms with van der Waals surface area (Å²) in [5.74, 6) is 0. The van der Waals surface area contributed by atoms with E-state index in [9.17, 15) is 13.7 Å². The van der Waals surface area contributed by atoms with Crippen molar-refractivity contribution in [2.24, 2.45) is 0 Å². The molecule has 3 aromatic rings. The van der Waals surface area contributed by atoms with Gasteiger partial charge in [0, 0.05) is 36.4 Å². The van der Waals surface area contributed by atoms with Gasteiger partial charge in [-0.1, -0.05) is 0 Å². The van der Waals surface area contributed by atoms with Crippen molar-refractivity contribution in [3.8, 4) is 17.3 Å². The number of hydrogen-bond acceptors (Lipinski definition) is 6. The molecule has 1 saturated heterocycles. The maximum absolute atomic E-state index is 12.4. The zero-order valence-electron chi connectivity index (χ0n) is 15.0. The first kappa shape index (κ1) is 17.6. The first-order chi connectivity index (χ1) is 12.9. The molecule has 1 N–H and O–H groups in total. The highest BCUT2D eigenvalue weighted by molar-refractivity contribution is 7.89. The molecule has 0 atom stereocenters. The Hall–Kier alpha value is -2.77. The van der Waals surface area contributed by atoms with Crippen molar-refractivity contribution >= 4 is 21.1 Å². The molecule has 0 spiro atoms. The van der Waals surface area contributed by atoms with Crippen LogP contribution in [0.5, 0.6) is 0 Å². The van der Waals surface area contributed by atoms with Crippen molar-refractivity contribution in [1.82, 2.24) is 29.0 Å². The van der Waals surface area contributed by atoms with Gasteiger partial charge in [0.2, 0.25) is 10.0 Å². The van der Waals surface area contributed by atoms with Crippen molar-refractivity contribution in [1.29, 1.82) is 5.26 Å². The molecule has 9 nitrogen and oxygen atoms in total. The Labute approximate surface area is 156 Å². The Bertz CT molecular complexity index is 1130. The Morgan fingerprint density at radius 1 is 1.37 bits per heavy atom. The van der Waals surface area contributed by atoms with E-state index in [0.29, 0.717) is 0 Å². The number of nitrogens with zero attached hydrogens (tertiary/aromatic N) is 6. The third kappa shape index (κ3) is 2.70. The summed E-state index contributed by atoms with van der Waals surface area (Å²) in [4.78, 5) is 11.6. The fourth-order valence-corrected chi connectivity index (χ4v) is 4.82. The molecule has 1 aliphatic heterocycles. The highest BCUT2D eigenvalue weighted by Crippen LogP contribution is 2.36. The van der Waals surface area contributed by atoms with Crippen molar-refractivity contribution in [2.45, 2.75) is 31.1 Å². The van der Waals surface area contributed by atoms with E-state index >= 15 is 0 Å². The van der Waals surface area contributed by atoms with Crippen LogP contribution in [0.1, 0.15) is 20.3 Å². The van der Waals surface area contributed by atoms with Gasteiger partial charge in [-0.15, -0.1) is 0 Å². The number of hydrogen-bond donors (Lipinski definition) is 1. The molecule has 3 aromatic heterocycles. The minimum atomic E-state index is -3.35. The van der Waals surface area contributed by atoms with Crippen LogP contribution in [0.3, 0.4) is 0 Å². The van der Waals surface area contributed by atoms with E-state index in [1.54, 1.807) is 30.9 Å². The van der Waals surface area contributed by atoms with E-state index in [0.717, 1.165) is 22.3 Å². The molecule has 1 fully saturated rings. The lowest BCUT2D eigenvalue weighted by molar-refractivity contribution is 0.0711. The fourth-order valence-electron chi connectivity index (χ4n) is 3.38. The lowest BCUT2D eigenvalue weighted by Crippen LogP contribution is -2.65. The molecule has 0 bridgehead atoms. The highest BCUT2D eigenvalue weighted by atomic mass is 32.2. The maximum Gasteiger partial charge on any atom is 0.216 e. The second kappa shape index (κ2) is 6.14. The van der Waals surface area contributed by atoms with Gasteiger partial charge in [-0.25, -0.2) is 18.4 Å². The summed E-state index contributed by atoms with van der Waals surface area (Å²) >= 11 is 0. The standard InChI is InChI=1S/C17H19N7O2S/c1-12(2)27(25,26)23-9-17(10-23,4-5-18)24-8-13(7-22-24)15-14-3-6-19-16(14)21-11-20-15/h3,6-8,11-12H,4,9-10H2,1-2H3,(H,19,20,21). The third-order valence-electron chi connectivity index (χ3n) is 5.00. The molecular formula is C17H19N7O2S. The van der Waals surface area contributed by atoms with Gasteiger partial charge < -0.3 is 4.98 Å². The normalized spacial score (nSPS) is 17.1. The number of nitrogens with one attached hydrogen (secondary N) is 1. The Kier molecular flexibility index (Phi) is 4.01. The summed E-state index contributed by atoms with van der Waals surface area (Å²) < 4.78 is 27.9. The number of rotatable bonds is 5. The minimum Gasteiger partial charge on any atom is -0.346 e. The van der Waals surface area contributed by atoms with Crippen LogP contribution in [0, 0.1) is 11.3 Å². The van der Waals surface area contributed by atoms with Crippen LogP contribution in [0.2, 0.25) is 0 Å². The SMILES string of the molecule is CC(C)S(=O)(=O)N1CC(CC#N)(n2cc(-c3ncnc4[nH]ccc34)cn2)C1. The molecule has 140 valence electrons. The number of sulfonamides is 1.